The minimum Gasteiger partial charge on any atom is -0.507 e. The second-order valence-electron chi connectivity index (χ2n) is 12.0. The van der Waals surface area contributed by atoms with Crippen LogP contribution in [0.1, 0.15) is 28.8 Å². The molecule has 0 amide bonds. The summed E-state index contributed by atoms with van der Waals surface area (Å²) in [6, 6.07) is 24.5. The van der Waals surface area contributed by atoms with E-state index >= 15 is 0 Å². The third-order valence-electron chi connectivity index (χ3n) is 8.44. The predicted octanol–water partition coefficient (Wildman–Crippen LogP) is 5.85. The van der Waals surface area contributed by atoms with Crippen LogP contribution in [0.3, 0.4) is 0 Å². The standard InChI is InChI=1S/C39H46N6O5S/c1-41-39(35-10-6-18-45(35)2)51-24-16-36(46)30-7-5-8-31(25-30)50-23-22-49-21-20-48-19-17-42-27-28-12-14-29(15-13-28)33-26-34(43-44-38(33)40)32-9-3-4-11-37(32)47/h3-5,7-9,11-16,24-26,35,42,47H,6,10,17-23,27H2,1-2H3,(H2,40,44)/b24-16+,41-39?/t35-/m0/s1. The van der Waals surface area contributed by atoms with Gasteiger partial charge < -0.3 is 30.4 Å². The molecule has 1 aromatic heterocycles. The number of hydrogen-bond donors (Lipinski definition) is 3. The first-order chi connectivity index (χ1) is 24.9. The van der Waals surface area contributed by atoms with Crippen LogP contribution in [-0.4, -0.2) is 97.3 Å². The highest BCUT2D eigenvalue weighted by Gasteiger charge is 2.25. The summed E-state index contributed by atoms with van der Waals surface area (Å²) in [5.41, 5.74) is 10.7. The number of carbonyl (C=O) groups is 1. The molecule has 1 atom stereocenters. The lowest BCUT2D eigenvalue weighted by Gasteiger charge is -2.19. The number of nitrogens with one attached hydrogen (secondary N) is 1. The van der Waals surface area contributed by atoms with E-state index in [9.17, 15) is 9.90 Å². The minimum absolute atomic E-state index is 0.0747. The number of ether oxygens (including phenoxy) is 3. The van der Waals surface area contributed by atoms with Gasteiger partial charge in [-0.3, -0.25) is 14.7 Å². The number of aliphatic imine (C=N–C) groups is 1. The summed E-state index contributed by atoms with van der Waals surface area (Å²) in [6.07, 6.45) is 3.86. The quantitative estimate of drug-likeness (QED) is 0.0376. The van der Waals surface area contributed by atoms with E-state index < -0.39 is 0 Å². The molecule has 4 N–H and O–H groups in total. The van der Waals surface area contributed by atoms with Gasteiger partial charge in [-0.15, -0.1) is 10.2 Å². The van der Waals surface area contributed by atoms with Gasteiger partial charge in [-0.1, -0.05) is 60.3 Å². The van der Waals surface area contributed by atoms with E-state index in [4.69, 9.17) is 19.9 Å². The van der Waals surface area contributed by atoms with Crippen LogP contribution in [0.4, 0.5) is 5.82 Å². The van der Waals surface area contributed by atoms with Gasteiger partial charge in [0.2, 0.25) is 0 Å². The predicted molar refractivity (Wildman–Crippen MR) is 204 cm³/mol. The Bertz CT molecular complexity index is 1780. The van der Waals surface area contributed by atoms with Gasteiger partial charge in [0.15, 0.2) is 11.6 Å². The molecule has 2 heterocycles. The Labute approximate surface area is 303 Å². The van der Waals surface area contributed by atoms with Crippen molar-refractivity contribution in [2.45, 2.75) is 25.4 Å². The molecule has 0 bridgehead atoms. The molecule has 0 unspecified atom stereocenters. The van der Waals surface area contributed by atoms with Crippen molar-refractivity contribution in [2.24, 2.45) is 4.99 Å². The zero-order chi connectivity index (χ0) is 35.8. The van der Waals surface area contributed by atoms with Gasteiger partial charge in [0.05, 0.1) is 43.2 Å². The van der Waals surface area contributed by atoms with E-state index in [1.165, 1.54) is 18.2 Å². The second kappa shape index (κ2) is 19.7. The van der Waals surface area contributed by atoms with Gasteiger partial charge in [0.1, 0.15) is 18.1 Å². The largest absolute Gasteiger partial charge is 0.507 e. The van der Waals surface area contributed by atoms with Crippen LogP contribution in [-0.2, 0) is 16.0 Å². The number of nitrogens with zero attached hydrogens (tertiary/aromatic N) is 4. The zero-order valence-electron chi connectivity index (χ0n) is 29.2. The fourth-order valence-electron chi connectivity index (χ4n) is 5.68. The molecule has 12 heteroatoms. The Morgan fingerprint density at radius 2 is 1.78 bits per heavy atom. The molecule has 0 radical (unpaired) electrons. The molecule has 1 fully saturated rings. The van der Waals surface area contributed by atoms with Gasteiger partial charge in [-0.05, 0) is 79.4 Å². The van der Waals surface area contributed by atoms with E-state index in [1.54, 1.807) is 43.5 Å². The van der Waals surface area contributed by atoms with Crippen LogP contribution in [0.5, 0.6) is 11.5 Å². The van der Waals surface area contributed by atoms with Crippen molar-refractivity contribution in [3.05, 3.63) is 101 Å². The number of benzene rings is 3. The molecular formula is C39H46N6O5S. The number of rotatable bonds is 18. The van der Waals surface area contributed by atoms with Crippen LogP contribution < -0.4 is 15.8 Å². The van der Waals surface area contributed by atoms with Crippen molar-refractivity contribution < 1.29 is 24.1 Å². The van der Waals surface area contributed by atoms with Crippen LogP contribution in [0.2, 0.25) is 0 Å². The first-order valence-electron chi connectivity index (χ1n) is 17.1. The van der Waals surface area contributed by atoms with E-state index in [0.717, 1.165) is 34.7 Å². The summed E-state index contributed by atoms with van der Waals surface area (Å²) in [4.78, 5) is 19.5. The Morgan fingerprint density at radius 1 is 1.00 bits per heavy atom. The number of anilines is 1. The highest BCUT2D eigenvalue weighted by atomic mass is 32.2. The van der Waals surface area contributed by atoms with Crippen LogP contribution in [0, 0.1) is 0 Å². The van der Waals surface area contributed by atoms with Gasteiger partial charge in [-0.2, -0.15) is 0 Å². The maximum atomic E-state index is 12.7. The average Bonchev–Trinajstić information content (AvgIpc) is 3.58. The summed E-state index contributed by atoms with van der Waals surface area (Å²) < 4.78 is 17.1. The lowest BCUT2D eigenvalue weighted by molar-refractivity contribution is 0.0372. The molecule has 1 aliphatic heterocycles. The van der Waals surface area contributed by atoms with Crippen LogP contribution in [0.25, 0.3) is 22.4 Å². The summed E-state index contributed by atoms with van der Waals surface area (Å²) in [6.45, 7) is 4.76. The summed E-state index contributed by atoms with van der Waals surface area (Å²) in [5, 5.41) is 24.7. The number of aromatic hydroxyl groups is 1. The van der Waals surface area contributed by atoms with Crippen LogP contribution >= 0.6 is 11.8 Å². The third-order valence-corrected chi connectivity index (χ3v) is 9.41. The number of nitrogens with two attached hydrogens (primary N) is 1. The lowest BCUT2D eigenvalue weighted by Crippen LogP contribution is -2.30. The van der Waals surface area contributed by atoms with Gasteiger partial charge in [0, 0.05) is 36.8 Å². The molecule has 1 saturated heterocycles. The van der Waals surface area contributed by atoms with Crippen molar-refractivity contribution >= 4 is 28.4 Å². The first kappa shape index (κ1) is 37.7. The topological polar surface area (TPSA) is 144 Å². The molecule has 268 valence electrons. The van der Waals surface area contributed by atoms with Crippen molar-refractivity contribution in [3.8, 4) is 33.9 Å². The minimum atomic E-state index is -0.0747. The molecule has 1 aliphatic rings. The lowest BCUT2D eigenvalue weighted by atomic mass is 10.0. The van der Waals surface area contributed by atoms with Crippen molar-refractivity contribution in [2.75, 3.05) is 66.0 Å². The number of ketones is 1. The number of aromatic nitrogens is 2. The number of hydrogen-bond acceptors (Lipinski definition) is 12. The molecule has 11 nitrogen and oxygen atoms in total. The SMILES string of the molecule is CN=C(S/C=C/C(=O)c1cccc(OCCOCCOCCNCc2ccc(-c3cc(-c4ccccc4O)nnc3N)cc2)c1)[C@@H]1CCCN1C. The molecule has 4 aromatic rings. The highest BCUT2D eigenvalue weighted by molar-refractivity contribution is 8.16. The number of nitrogen functional groups attached to an aromatic ring is 1. The van der Waals surface area contributed by atoms with E-state index in [2.05, 4.69) is 32.5 Å². The summed E-state index contributed by atoms with van der Waals surface area (Å²) in [5.74, 6) is 1.02. The molecule has 0 spiro atoms. The molecule has 5 rings (SSSR count). The number of thioether (sulfide) groups is 1. The second-order valence-corrected chi connectivity index (χ2v) is 12.9. The number of para-hydroxylation sites is 1. The van der Waals surface area contributed by atoms with Crippen molar-refractivity contribution in [3.63, 3.8) is 0 Å². The zero-order valence-corrected chi connectivity index (χ0v) is 30.0. The average molecular weight is 711 g/mol. The van der Waals surface area contributed by atoms with Gasteiger partial charge >= 0.3 is 0 Å². The Kier molecular flexibility index (Phi) is 14.6. The van der Waals surface area contributed by atoms with Gasteiger partial charge in [0.25, 0.3) is 0 Å². The monoisotopic (exact) mass is 710 g/mol. The number of likely N-dealkylation sites (tertiary alicyclic amines) is 1. The molecule has 51 heavy (non-hydrogen) atoms. The molecule has 0 aliphatic carbocycles. The smallest absolute Gasteiger partial charge is 0.186 e. The number of phenols is 1. The first-order valence-corrected chi connectivity index (χ1v) is 18.0. The van der Waals surface area contributed by atoms with Gasteiger partial charge in [-0.25, -0.2) is 0 Å². The van der Waals surface area contributed by atoms with E-state index in [-0.39, 0.29) is 11.5 Å². The maximum absolute atomic E-state index is 12.7. The van der Waals surface area contributed by atoms with E-state index in [1.807, 2.05) is 53.9 Å². The highest BCUT2D eigenvalue weighted by Crippen LogP contribution is 2.32. The summed E-state index contributed by atoms with van der Waals surface area (Å²) in [7, 11) is 3.92. The van der Waals surface area contributed by atoms with Crippen molar-refractivity contribution in [1.82, 2.24) is 20.4 Å². The summed E-state index contributed by atoms with van der Waals surface area (Å²) >= 11 is 1.51. The maximum Gasteiger partial charge on any atom is 0.186 e. The fraction of sp³-hybridized carbons (Fsp3) is 0.333. The number of phenolic OH excluding ortho intramolecular Hbond substituents is 1. The van der Waals surface area contributed by atoms with Crippen LogP contribution in [0.15, 0.2) is 95.3 Å². The third kappa shape index (κ3) is 11.2. The Balaban J connectivity index is 0.924. The van der Waals surface area contributed by atoms with Crippen molar-refractivity contribution in [1.29, 1.82) is 0 Å². The van der Waals surface area contributed by atoms with E-state index in [0.29, 0.717) is 80.6 Å². The fourth-order valence-corrected chi connectivity index (χ4v) is 6.57. The normalized spacial score (nSPS) is 15.1. The number of carbonyl (C=O) groups excluding carboxylic acids is 1. The Hall–Kier alpha value is -4.59. The number of allylic oxidation sites excluding steroid dienone is 1. The molecule has 3 aromatic carbocycles. The molecule has 0 saturated carbocycles. The Morgan fingerprint density at radius 3 is 2.55 bits per heavy atom. The molecular weight excluding hydrogens is 665 g/mol.